The minimum atomic E-state index is -0.805. The first-order valence-corrected chi connectivity index (χ1v) is 10.3. The minimum absolute atomic E-state index is 0.0141. The van der Waals surface area contributed by atoms with Gasteiger partial charge in [-0.3, -0.25) is 24.3 Å². The van der Waals surface area contributed by atoms with Crippen LogP contribution in [0.25, 0.3) is 11.3 Å². The van der Waals surface area contributed by atoms with E-state index in [1.165, 1.54) is 11.0 Å². The summed E-state index contributed by atoms with van der Waals surface area (Å²) in [5, 5.41) is 2.52. The molecule has 1 aliphatic carbocycles. The van der Waals surface area contributed by atoms with E-state index in [2.05, 4.69) is 15.3 Å². The van der Waals surface area contributed by atoms with Crippen LogP contribution in [0.5, 0.6) is 0 Å². The summed E-state index contributed by atoms with van der Waals surface area (Å²) >= 11 is 0. The van der Waals surface area contributed by atoms with Gasteiger partial charge in [-0.2, -0.15) is 4.39 Å². The fourth-order valence-corrected chi connectivity index (χ4v) is 4.08. The lowest BCUT2D eigenvalue weighted by atomic mass is 10.0. The molecule has 2 aromatic heterocycles. The Kier molecular flexibility index (Phi) is 4.72. The van der Waals surface area contributed by atoms with Crippen molar-refractivity contribution in [2.75, 3.05) is 18.4 Å². The van der Waals surface area contributed by atoms with Crippen molar-refractivity contribution in [1.29, 1.82) is 0 Å². The zero-order chi connectivity index (χ0) is 21.5. The highest BCUT2D eigenvalue weighted by Gasteiger charge is 2.48. The third-order valence-corrected chi connectivity index (χ3v) is 5.68. The lowest BCUT2D eigenvalue weighted by molar-refractivity contribution is -0.138. The van der Waals surface area contributed by atoms with Gasteiger partial charge in [0.1, 0.15) is 5.70 Å². The maximum atomic E-state index is 14.5. The zero-order valence-corrected chi connectivity index (χ0v) is 16.7. The molecule has 1 fully saturated rings. The molecule has 0 unspecified atom stereocenters. The zero-order valence-electron chi connectivity index (χ0n) is 16.7. The number of nitrogens with zero attached hydrogens (tertiary/aromatic N) is 4. The molecule has 3 aliphatic rings. The second-order valence-electron chi connectivity index (χ2n) is 7.89. The second-order valence-corrected chi connectivity index (χ2v) is 7.89. The average molecular weight is 421 g/mol. The molecule has 0 radical (unpaired) electrons. The summed E-state index contributed by atoms with van der Waals surface area (Å²) < 4.78 is 14.5. The number of halogens is 1. The van der Waals surface area contributed by atoms with E-state index in [4.69, 9.17) is 0 Å². The van der Waals surface area contributed by atoms with E-state index in [-0.39, 0.29) is 30.1 Å². The highest BCUT2D eigenvalue weighted by Crippen LogP contribution is 2.38. The van der Waals surface area contributed by atoms with Crippen LogP contribution in [0.2, 0.25) is 0 Å². The van der Waals surface area contributed by atoms with Gasteiger partial charge in [0.05, 0.1) is 17.9 Å². The van der Waals surface area contributed by atoms with Crippen molar-refractivity contribution in [2.45, 2.75) is 31.7 Å². The van der Waals surface area contributed by atoms with E-state index >= 15 is 0 Å². The first-order valence-electron chi connectivity index (χ1n) is 10.3. The molecule has 1 saturated carbocycles. The number of imide groups is 1. The molecule has 3 amide bonds. The summed E-state index contributed by atoms with van der Waals surface area (Å²) in [6.45, 7) is 0.352. The number of pyridine rings is 2. The molecule has 1 N–H and O–H groups in total. The smallest absolute Gasteiger partial charge is 0.277 e. The number of nitrogens with one attached hydrogen (secondary N) is 1. The summed E-state index contributed by atoms with van der Waals surface area (Å²) in [5.41, 5.74) is 1.84. The molecular formula is C22H20FN5O3. The molecule has 0 aromatic carbocycles. The number of rotatable bonds is 5. The van der Waals surface area contributed by atoms with Crippen molar-refractivity contribution in [3.8, 4) is 11.3 Å². The molecule has 9 heteroatoms. The number of anilines is 1. The second kappa shape index (κ2) is 7.57. The van der Waals surface area contributed by atoms with Gasteiger partial charge in [-0.25, -0.2) is 4.98 Å². The van der Waals surface area contributed by atoms with E-state index in [1.54, 1.807) is 35.5 Å². The Bertz CT molecular complexity index is 1110. The molecule has 0 spiro atoms. The van der Waals surface area contributed by atoms with Crippen molar-refractivity contribution < 1.29 is 18.8 Å². The fourth-order valence-electron chi connectivity index (χ4n) is 4.08. The van der Waals surface area contributed by atoms with E-state index < -0.39 is 11.9 Å². The van der Waals surface area contributed by atoms with Crippen LogP contribution >= 0.6 is 0 Å². The van der Waals surface area contributed by atoms with Gasteiger partial charge in [-0.05, 0) is 49.9 Å². The number of aromatic nitrogens is 2. The number of carbonyl (C=O) groups is 3. The fraction of sp³-hybridized carbons (Fsp3) is 0.318. The van der Waals surface area contributed by atoms with Gasteiger partial charge in [0, 0.05) is 36.1 Å². The summed E-state index contributed by atoms with van der Waals surface area (Å²) in [6, 6.07) is 6.53. The van der Waals surface area contributed by atoms with Crippen molar-refractivity contribution in [3.05, 3.63) is 53.9 Å². The Balaban J connectivity index is 1.29. The van der Waals surface area contributed by atoms with E-state index in [1.807, 2.05) is 0 Å². The Labute approximate surface area is 177 Å². The molecule has 31 heavy (non-hydrogen) atoms. The molecular weight excluding hydrogens is 401 g/mol. The predicted octanol–water partition coefficient (Wildman–Crippen LogP) is 2.10. The molecule has 0 bridgehead atoms. The van der Waals surface area contributed by atoms with Crippen LogP contribution in [0.15, 0.2) is 47.9 Å². The first-order chi connectivity index (χ1) is 15.0. The molecule has 0 saturated heterocycles. The highest BCUT2D eigenvalue weighted by molar-refractivity contribution is 6.19. The van der Waals surface area contributed by atoms with Crippen LogP contribution in [0.3, 0.4) is 0 Å². The van der Waals surface area contributed by atoms with E-state index in [0.717, 1.165) is 12.8 Å². The molecule has 158 valence electrons. The third-order valence-electron chi connectivity index (χ3n) is 5.68. The van der Waals surface area contributed by atoms with Crippen molar-refractivity contribution in [1.82, 2.24) is 19.8 Å². The minimum Gasteiger partial charge on any atom is -0.357 e. The largest absolute Gasteiger partial charge is 0.357 e. The van der Waals surface area contributed by atoms with Crippen LogP contribution < -0.4 is 5.32 Å². The van der Waals surface area contributed by atoms with Gasteiger partial charge in [0.2, 0.25) is 11.9 Å². The molecule has 5 rings (SSSR count). The van der Waals surface area contributed by atoms with Gasteiger partial charge in [0.25, 0.3) is 11.8 Å². The normalized spacial score (nSPS) is 18.5. The Hall–Kier alpha value is -3.62. The molecule has 4 heterocycles. The number of carbonyl (C=O) groups excluding carboxylic acids is 3. The third kappa shape index (κ3) is 3.56. The summed E-state index contributed by atoms with van der Waals surface area (Å²) in [4.78, 5) is 48.9. The van der Waals surface area contributed by atoms with Crippen LogP contribution in [0.4, 0.5) is 10.1 Å². The standard InChI is InChI=1S/C22H20FN5O3/c23-20-17(8-7-16(26-20)13-3-1-9-24-11-13)25-18(29)12-27-10-2-4-15-19(27)22(31)28(21(15)30)14-5-6-14/h1,3,7-9,11,14H,2,4-6,10,12H2,(H,25,29). The monoisotopic (exact) mass is 421 g/mol. The molecule has 0 atom stereocenters. The summed E-state index contributed by atoms with van der Waals surface area (Å²) in [6.07, 6.45) is 6.07. The Morgan fingerprint density at radius 1 is 1.19 bits per heavy atom. The quantitative estimate of drug-likeness (QED) is 0.587. The van der Waals surface area contributed by atoms with Crippen LogP contribution in [0.1, 0.15) is 25.7 Å². The summed E-state index contributed by atoms with van der Waals surface area (Å²) in [7, 11) is 0. The highest BCUT2D eigenvalue weighted by atomic mass is 19.1. The van der Waals surface area contributed by atoms with Gasteiger partial charge in [-0.1, -0.05) is 0 Å². The maximum Gasteiger partial charge on any atom is 0.277 e. The molecule has 2 aromatic rings. The van der Waals surface area contributed by atoms with E-state index in [9.17, 15) is 18.8 Å². The summed E-state index contributed by atoms with van der Waals surface area (Å²) in [5.74, 6) is -1.83. The van der Waals surface area contributed by atoms with Gasteiger partial charge in [-0.15, -0.1) is 0 Å². The average Bonchev–Trinajstić information content (AvgIpc) is 3.56. The lowest BCUT2D eigenvalue weighted by Gasteiger charge is -2.28. The van der Waals surface area contributed by atoms with Crippen LogP contribution in [-0.4, -0.2) is 56.6 Å². The first kappa shape index (κ1) is 19.3. The predicted molar refractivity (Wildman–Crippen MR) is 109 cm³/mol. The van der Waals surface area contributed by atoms with Gasteiger partial charge >= 0.3 is 0 Å². The SMILES string of the molecule is O=C(CN1CCCC2=C1C(=O)N(C1CC1)C2=O)Nc1ccc(-c2cccnc2)nc1F. The van der Waals surface area contributed by atoms with Crippen molar-refractivity contribution in [3.63, 3.8) is 0 Å². The molecule has 2 aliphatic heterocycles. The topological polar surface area (TPSA) is 95.5 Å². The van der Waals surface area contributed by atoms with Crippen molar-refractivity contribution in [2.24, 2.45) is 0 Å². The van der Waals surface area contributed by atoms with Gasteiger partial charge in [0.15, 0.2) is 0 Å². The lowest BCUT2D eigenvalue weighted by Crippen LogP contribution is -2.40. The van der Waals surface area contributed by atoms with Crippen LogP contribution in [0, 0.1) is 5.95 Å². The molecule has 8 nitrogen and oxygen atoms in total. The van der Waals surface area contributed by atoms with Crippen LogP contribution in [-0.2, 0) is 14.4 Å². The van der Waals surface area contributed by atoms with Crippen molar-refractivity contribution >= 4 is 23.4 Å². The Morgan fingerprint density at radius 2 is 2.03 bits per heavy atom. The number of amides is 3. The maximum absolute atomic E-state index is 14.5. The van der Waals surface area contributed by atoms with Gasteiger partial charge < -0.3 is 10.2 Å². The van der Waals surface area contributed by atoms with E-state index in [0.29, 0.717) is 41.9 Å². The number of hydrogen-bond acceptors (Lipinski definition) is 6. The number of hydrogen-bond donors (Lipinski definition) is 1. The Morgan fingerprint density at radius 3 is 2.74 bits per heavy atom.